The Kier molecular flexibility index (Phi) is 3.57. The minimum atomic E-state index is -2.43. The smallest absolute Gasteiger partial charge is 0.263 e. The summed E-state index contributed by atoms with van der Waals surface area (Å²) < 4.78 is 24.9. The van der Waals surface area contributed by atoms with Gasteiger partial charge in [-0.25, -0.2) is 8.78 Å². The summed E-state index contributed by atoms with van der Waals surface area (Å²) in [5, 5.41) is 10.3. The Morgan fingerprint density at radius 2 is 1.74 bits per heavy atom. The van der Waals surface area contributed by atoms with Gasteiger partial charge in [-0.05, 0) is 49.0 Å². The van der Waals surface area contributed by atoms with Crippen LogP contribution in [-0.2, 0) is 0 Å². The molecule has 3 rings (SSSR count). The largest absolute Gasteiger partial charge is 0.388 e. The summed E-state index contributed by atoms with van der Waals surface area (Å²) >= 11 is 0. The molecular formula is C16H20F2O. The lowest BCUT2D eigenvalue weighted by molar-refractivity contribution is 0.125. The van der Waals surface area contributed by atoms with E-state index in [1.165, 1.54) is 37.8 Å². The Morgan fingerprint density at radius 3 is 2.26 bits per heavy atom. The summed E-state index contributed by atoms with van der Waals surface area (Å²) in [6.45, 7) is 0. The second-order valence-corrected chi connectivity index (χ2v) is 6.15. The predicted octanol–water partition coefficient (Wildman–Crippen LogP) is 4.48. The highest BCUT2D eigenvalue weighted by Gasteiger charge is 2.40. The third kappa shape index (κ3) is 2.66. The van der Waals surface area contributed by atoms with Crippen LogP contribution in [0.1, 0.15) is 55.8 Å². The van der Waals surface area contributed by atoms with E-state index in [0.717, 1.165) is 23.8 Å². The lowest BCUT2D eigenvalue weighted by Gasteiger charge is -2.24. The van der Waals surface area contributed by atoms with Gasteiger partial charge in [-0.2, -0.15) is 0 Å². The number of benzene rings is 1. The molecule has 0 amide bonds. The molecule has 0 radical (unpaired) electrons. The van der Waals surface area contributed by atoms with E-state index in [-0.39, 0.29) is 5.56 Å². The maximum atomic E-state index is 12.5. The molecule has 2 saturated carbocycles. The van der Waals surface area contributed by atoms with Crippen LogP contribution in [0.3, 0.4) is 0 Å². The fourth-order valence-corrected chi connectivity index (χ4v) is 3.95. The van der Waals surface area contributed by atoms with Crippen LogP contribution in [0, 0.1) is 17.8 Å². The van der Waals surface area contributed by atoms with Crippen LogP contribution in [0.5, 0.6) is 0 Å². The van der Waals surface area contributed by atoms with Crippen LogP contribution in [0.15, 0.2) is 24.3 Å². The zero-order valence-corrected chi connectivity index (χ0v) is 10.9. The second-order valence-electron chi connectivity index (χ2n) is 6.15. The molecule has 2 fully saturated rings. The maximum absolute atomic E-state index is 12.5. The first kappa shape index (κ1) is 13.0. The van der Waals surface area contributed by atoms with Gasteiger partial charge in [0, 0.05) is 5.56 Å². The third-order valence-electron chi connectivity index (χ3n) is 4.98. The molecule has 4 unspecified atom stereocenters. The van der Waals surface area contributed by atoms with E-state index in [1.54, 1.807) is 12.1 Å². The van der Waals surface area contributed by atoms with Crippen molar-refractivity contribution in [3.8, 4) is 0 Å². The van der Waals surface area contributed by atoms with E-state index in [9.17, 15) is 13.9 Å². The van der Waals surface area contributed by atoms with Crippen LogP contribution >= 0.6 is 0 Å². The van der Waals surface area contributed by atoms with Crippen molar-refractivity contribution in [2.45, 2.75) is 44.6 Å². The van der Waals surface area contributed by atoms with Crippen LogP contribution in [0.2, 0.25) is 0 Å². The molecule has 1 aromatic rings. The summed E-state index contributed by atoms with van der Waals surface area (Å²) in [4.78, 5) is 0. The fourth-order valence-electron chi connectivity index (χ4n) is 3.95. The number of alkyl halides is 2. The van der Waals surface area contributed by atoms with Crippen molar-refractivity contribution in [3.63, 3.8) is 0 Å². The highest BCUT2D eigenvalue weighted by molar-refractivity contribution is 5.25. The molecule has 19 heavy (non-hydrogen) atoms. The molecule has 3 heteroatoms. The van der Waals surface area contributed by atoms with E-state index < -0.39 is 12.5 Å². The molecule has 0 aromatic heterocycles. The van der Waals surface area contributed by atoms with Gasteiger partial charge < -0.3 is 5.11 Å². The highest BCUT2D eigenvalue weighted by atomic mass is 19.3. The Bertz CT molecular complexity index is 429. The number of hydrogen-bond acceptors (Lipinski definition) is 1. The van der Waals surface area contributed by atoms with Crippen LogP contribution < -0.4 is 0 Å². The van der Waals surface area contributed by atoms with E-state index in [0.29, 0.717) is 5.92 Å². The van der Waals surface area contributed by atoms with Crippen LogP contribution in [0.25, 0.3) is 0 Å². The fraction of sp³-hybridized carbons (Fsp3) is 0.625. The molecule has 4 atom stereocenters. The average Bonchev–Trinajstić information content (AvgIpc) is 3.01. The van der Waals surface area contributed by atoms with Gasteiger partial charge in [0.2, 0.25) is 0 Å². The predicted molar refractivity (Wildman–Crippen MR) is 69.9 cm³/mol. The van der Waals surface area contributed by atoms with Crippen molar-refractivity contribution >= 4 is 0 Å². The Labute approximate surface area is 112 Å². The van der Waals surface area contributed by atoms with Gasteiger partial charge in [-0.1, -0.05) is 30.7 Å². The molecule has 1 aromatic carbocycles. The molecule has 2 aliphatic rings. The van der Waals surface area contributed by atoms with Gasteiger partial charge in [0.25, 0.3) is 6.43 Å². The SMILES string of the molecule is OC(CC1CC2CCC1C2)c1ccc(C(F)F)cc1. The van der Waals surface area contributed by atoms with Gasteiger partial charge in [0.05, 0.1) is 6.10 Å². The minimum absolute atomic E-state index is 0.0240. The molecule has 0 aliphatic heterocycles. The molecule has 0 spiro atoms. The first-order chi connectivity index (χ1) is 9.13. The van der Waals surface area contributed by atoms with Crippen molar-refractivity contribution < 1.29 is 13.9 Å². The number of hydrogen-bond donors (Lipinski definition) is 1. The topological polar surface area (TPSA) is 20.2 Å². The molecular weight excluding hydrogens is 246 g/mol. The first-order valence-electron chi connectivity index (χ1n) is 7.19. The van der Waals surface area contributed by atoms with Crippen molar-refractivity contribution in [2.24, 2.45) is 17.8 Å². The van der Waals surface area contributed by atoms with Crippen molar-refractivity contribution in [3.05, 3.63) is 35.4 Å². The second kappa shape index (κ2) is 5.20. The Morgan fingerprint density at radius 1 is 1.05 bits per heavy atom. The zero-order chi connectivity index (χ0) is 13.4. The Hall–Kier alpha value is -0.960. The van der Waals surface area contributed by atoms with Gasteiger partial charge in [0.1, 0.15) is 0 Å². The van der Waals surface area contributed by atoms with Crippen molar-refractivity contribution in [1.29, 1.82) is 0 Å². The van der Waals surface area contributed by atoms with Gasteiger partial charge in [0.15, 0.2) is 0 Å². The molecule has 2 bridgehead atoms. The molecule has 1 nitrogen and oxygen atoms in total. The summed E-state index contributed by atoms with van der Waals surface area (Å²) in [7, 11) is 0. The average molecular weight is 266 g/mol. The summed E-state index contributed by atoms with van der Waals surface area (Å²) in [5.41, 5.74) is 0.794. The van der Waals surface area contributed by atoms with Crippen LogP contribution in [0.4, 0.5) is 8.78 Å². The van der Waals surface area contributed by atoms with E-state index in [2.05, 4.69) is 0 Å². The highest BCUT2D eigenvalue weighted by Crippen LogP contribution is 2.50. The zero-order valence-electron chi connectivity index (χ0n) is 10.9. The standard InChI is InChI=1S/C16H20F2O/c17-16(18)12-5-3-11(4-6-12)15(19)9-14-8-10-1-2-13(14)7-10/h3-6,10,13-16,19H,1-2,7-9H2. The number of aliphatic hydroxyl groups is 1. The van der Waals surface area contributed by atoms with Crippen molar-refractivity contribution in [2.75, 3.05) is 0 Å². The molecule has 104 valence electrons. The van der Waals surface area contributed by atoms with E-state index >= 15 is 0 Å². The summed E-state index contributed by atoms with van der Waals surface area (Å²) in [5.74, 6) is 2.30. The minimum Gasteiger partial charge on any atom is -0.388 e. The lowest BCUT2D eigenvalue weighted by atomic mass is 9.83. The number of fused-ring (bicyclic) bond motifs is 2. The van der Waals surface area contributed by atoms with Crippen molar-refractivity contribution in [1.82, 2.24) is 0 Å². The third-order valence-corrected chi connectivity index (χ3v) is 4.98. The lowest BCUT2D eigenvalue weighted by Crippen LogP contribution is -2.14. The Balaban J connectivity index is 1.62. The number of halogens is 2. The summed E-state index contributed by atoms with van der Waals surface area (Å²) in [6.07, 6.45) is 3.10. The molecule has 0 saturated heterocycles. The van der Waals surface area contributed by atoms with E-state index in [1.807, 2.05) is 0 Å². The quantitative estimate of drug-likeness (QED) is 0.851. The number of aliphatic hydroxyl groups excluding tert-OH is 1. The van der Waals surface area contributed by atoms with Gasteiger partial charge >= 0.3 is 0 Å². The molecule has 2 aliphatic carbocycles. The van der Waals surface area contributed by atoms with E-state index in [4.69, 9.17) is 0 Å². The van der Waals surface area contributed by atoms with Crippen LogP contribution in [-0.4, -0.2) is 5.11 Å². The summed E-state index contributed by atoms with van der Waals surface area (Å²) in [6, 6.07) is 6.12. The van der Waals surface area contributed by atoms with Gasteiger partial charge in [-0.15, -0.1) is 0 Å². The first-order valence-corrected chi connectivity index (χ1v) is 7.19. The maximum Gasteiger partial charge on any atom is 0.263 e. The normalized spacial score (nSPS) is 31.1. The molecule has 1 N–H and O–H groups in total. The monoisotopic (exact) mass is 266 g/mol. The molecule has 0 heterocycles. The van der Waals surface area contributed by atoms with Gasteiger partial charge in [-0.3, -0.25) is 0 Å². The number of rotatable bonds is 4.